The monoisotopic (exact) mass is 415 g/mol. The minimum Gasteiger partial charge on any atom is -0.345 e. The highest BCUT2D eigenvalue weighted by atomic mass is 32.2. The van der Waals surface area contributed by atoms with Crippen LogP contribution in [0.25, 0.3) is 0 Å². The lowest BCUT2D eigenvalue weighted by Crippen LogP contribution is -2.24. The summed E-state index contributed by atoms with van der Waals surface area (Å²) in [6, 6.07) is 10.9. The van der Waals surface area contributed by atoms with Crippen molar-refractivity contribution in [3.8, 4) is 0 Å². The Morgan fingerprint density at radius 2 is 1.79 bits per heavy atom. The number of amides is 1. The fraction of sp³-hybridized carbons (Fsp3) is 0.211. The minimum atomic E-state index is -3.85. The fourth-order valence-electron chi connectivity index (χ4n) is 2.83. The highest BCUT2D eigenvalue weighted by Crippen LogP contribution is 2.35. The first kappa shape index (κ1) is 19.1. The summed E-state index contributed by atoms with van der Waals surface area (Å²) in [6.07, 6.45) is 3.85. The molecule has 1 aliphatic carbocycles. The summed E-state index contributed by atoms with van der Waals surface area (Å²) in [6.45, 7) is 0.258. The molecule has 150 valence electrons. The minimum absolute atomic E-state index is 0.0551. The van der Waals surface area contributed by atoms with Crippen LogP contribution < -0.4 is 10.0 Å². The number of hydrogen-bond acceptors (Lipinski definition) is 5. The summed E-state index contributed by atoms with van der Waals surface area (Å²) in [4.78, 5) is 12.3. The molecule has 0 unspecified atom stereocenters. The molecule has 29 heavy (non-hydrogen) atoms. The topological polar surface area (TPSA) is 106 Å². The molecular formula is C19H18FN5O3S. The molecule has 1 heterocycles. The molecule has 2 N–H and O–H groups in total. The van der Waals surface area contributed by atoms with Gasteiger partial charge in [-0.25, -0.2) is 12.8 Å². The molecule has 0 aliphatic heterocycles. The third kappa shape index (κ3) is 4.43. The van der Waals surface area contributed by atoms with Gasteiger partial charge in [-0.2, -0.15) is 0 Å². The molecule has 8 nitrogen and oxygen atoms in total. The van der Waals surface area contributed by atoms with Gasteiger partial charge in [-0.15, -0.1) is 10.2 Å². The van der Waals surface area contributed by atoms with Crippen molar-refractivity contribution >= 4 is 21.6 Å². The van der Waals surface area contributed by atoms with Gasteiger partial charge in [0.05, 0.1) is 11.4 Å². The van der Waals surface area contributed by atoms with Crippen molar-refractivity contribution in [1.29, 1.82) is 0 Å². The number of rotatable bonds is 7. The highest BCUT2D eigenvalue weighted by molar-refractivity contribution is 7.92. The predicted octanol–water partition coefficient (Wildman–Crippen LogP) is 2.48. The van der Waals surface area contributed by atoms with E-state index in [-0.39, 0.29) is 17.3 Å². The third-order valence-corrected chi connectivity index (χ3v) is 5.92. The number of carbonyl (C=O) groups excluding carboxylic acids is 1. The van der Waals surface area contributed by atoms with E-state index in [0.29, 0.717) is 23.1 Å². The summed E-state index contributed by atoms with van der Waals surface area (Å²) in [5, 5.41) is 10.7. The predicted molar refractivity (Wildman–Crippen MR) is 103 cm³/mol. The van der Waals surface area contributed by atoms with Gasteiger partial charge in [0.15, 0.2) is 5.82 Å². The van der Waals surface area contributed by atoms with E-state index in [0.717, 1.165) is 25.0 Å². The first-order chi connectivity index (χ1) is 13.9. The van der Waals surface area contributed by atoms with Crippen molar-refractivity contribution in [2.24, 2.45) is 0 Å². The second-order valence-corrected chi connectivity index (χ2v) is 8.39. The Bertz CT molecular complexity index is 1120. The smallest absolute Gasteiger partial charge is 0.261 e. The van der Waals surface area contributed by atoms with E-state index in [1.165, 1.54) is 36.4 Å². The van der Waals surface area contributed by atoms with Crippen molar-refractivity contribution in [2.45, 2.75) is 30.3 Å². The van der Waals surface area contributed by atoms with Crippen LogP contribution in [-0.2, 0) is 16.6 Å². The molecule has 0 bridgehead atoms. The zero-order valence-corrected chi connectivity index (χ0v) is 16.1. The average molecular weight is 415 g/mol. The van der Waals surface area contributed by atoms with Crippen LogP contribution in [0.2, 0.25) is 0 Å². The number of hydrogen-bond donors (Lipinski definition) is 2. The summed E-state index contributed by atoms with van der Waals surface area (Å²) >= 11 is 0. The van der Waals surface area contributed by atoms with E-state index in [2.05, 4.69) is 20.2 Å². The Morgan fingerprint density at radius 1 is 1.10 bits per heavy atom. The molecular weight excluding hydrogens is 397 g/mol. The number of nitrogens with zero attached hydrogens (tertiary/aromatic N) is 3. The Labute approximate surface area is 166 Å². The Morgan fingerprint density at radius 3 is 2.45 bits per heavy atom. The lowest BCUT2D eigenvalue weighted by Gasteiger charge is -2.09. The van der Waals surface area contributed by atoms with Gasteiger partial charge in [-0.3, -0.25) is 9.52 Å². The molecule has 4 rings (SSSR count). The van der Waals surface area contributed by atoms with Crippen LogP contribution in [0.3, 0.4) is 0 Å². The summed E-state index contributed by atoms with van der Waals surface area (Å²) in [5.74, 6) is -0.123. The fourth-order valence-corrected chi connectivity index (χ4v) is 3.89. The Balaban J connectivity index is 1.38. The van der Waals surface area contributed by atoms with E-state index >= 15 is 0 Å². The molecule has 3 aromatic rings. The van der Waals surface area contributed by atoms with Crippen LogP contribution in [0.4, 0.5) is 10.1 Å². The molecule has 1 saturated carbocycles. The average Bonchev–Trinajstić information content (AvgIpc) is 3.44. The highest BCUT2D eigenvalue weighted by Gasteiger charge is 2.26. The number of carbonyl (C=O) groups is 1. The molecule has 1 amide bonds. The van der Waals surface area contributed by atoms with E-state index in [1.807, 2.05) is 4.57 Å². The third-order valence-electron chi connectivity index (χ3n) is 4.52. The maximum absolute atomic E-state index is 13.0. The second-order valence-electron chi connectivity index (χ2n) is 6.71. The van der Waals surface area contributed by atoms with Crippen LogP contribution >= 0.6 is 0 Å². The molecule has 0 radical (unpaired) electrons. The summed E-state index contributed by atoms with van der Waals surface area (Å²) in [5.41, 5.74) is 0.673. The normalized spacial score (nSPS) is 13.8. The zero-order chi connectivity index (χ0) is 20.4. The van der Waals surface area contributed by atoms with Crippen molar-refractivity contribution < 1.29 is 17.6 Å². The van der Waals surface area contributed by atoms with E-state index in [4.69, 9.17) is 0 Å². The first-order valence-electron chi connectivity index (χ1n) is 8.97. The van der Waals surface area contributed by atoms with Crippen molar-refractivity contribution in [2.75, 3.05) is 4.72 Å². The van der Waals surface area contributed by atoms with Gasteiger partial charge < -0.3 is 9.88 Å². The van der Waals surface area contributed by atoms with Crippen molar-refractivity contribution in [1.82, 2.24) is 20.1 Å². The van der Waals surface area contributed by atoms with Gasteiger partial charge in [0.1, 0.15) is 12.1 Å². The van der Waals surface area contributed by atoms with Gasteiger partial charge in [-0.05, 0) is 61.4 Å². The van der Waals surface area contributed by atoms with Gasteiger partial charge in [-0.1, -0.05) is 0 Å². The van der Waals surface area contributed by atoms with Gasteiger partial charge in [0, 0.05) is 17.3 Å². The van der Waals surface area contributed by atoms with Crippen LogP contribution in [0.1, 0.15) is 35.1 Å². The van der Waals surface area contributed by atoms with E-state index in [9.17, 15) is 17.6 Å². The van der Waals surface area contributed by atoms with Crippen LogP contribution in [0, 0.1) is 5.82 Å². The standard InChI is InChI=1S/C19H18FN5O3S/c20-14-3-9-17(10-4-14)29(27,28)24-15-5-1-13(2-6-15)19(26)21-11-18-23-22-12-25(18)16-7-8-16/h1-6,9-10,12,16,24H,7-8,11H2,(H,21,26). The van der Waals surface area contributed by atoms with E-state index < -0.39 is 15.8 Å². The molecule has 1 fully saturated rings. The van der Waals surface area contributed by atoms with Crippen molar-refractivity contribution in [3.63, 3.8) is 0 Å². The first-order valence-corrected chi connectivity index (χ1v) is 10.5. The van der Waals surface area contributed by atoms with Crippen LogP contribution in [-0.4, -0.2) is 29.1 Å². The van der Waals surface area contributed by atoms with Gasteiger partial charge >= 0.3 is 0 Å². The maximum Gasteiger partial charge on any atom is 0.261 e. The lowest BCUT2D eigenvalue weighted by molar-refractivity contribution is 0.0949. The molecule has 1 aromatic heterocycles. The van der Waals surface area contributed by atoms with Crippen LogP contribution in [0.5, 0.6) is 0 Å². The molecule has 0 spiro atoms. The SMILES string of the molecule is O=C(NCc1nncn1C1CC1)c1ccc(NS(=O)(=O)c2ccc(F)cc2)cc1. The molecule has 0 saturated heterocycles. The quantitative estimate of drug-likeness (QED) is 0.617. The second kappa shape index (κ2) is 7.63. The van der Waals surface area contributed by atoms with Gasteiger partial charge in [0.25, 0.3) is 15.9 Å². The molecule has 10 heteroatoms. The largest absolute Gasteiger partial charge is 0.345 e. The number of sulfonamides is 1. The molecule has 2 aromatic carbocycles. The number of nitrogens with one attached hydrogen (secondary N) is 2. The number of aromatic nitrogens is 3. The van der Waals surface area contributed by atoms with Crippen molar-refractivity contribution in [3.05, 3.63) is 72.1 Å². The summed E-state index contributed by atoms with van der Waals surface area (Å²) < 4.78 is 42.0. The molecule has 1 aliphatic rings. The van der Waals surface area contributed by atoms with E-state index in [1.54, 1.807) is 6.33 Å². The lowest BCUT2D eigenvalue weighted by atomic mass is 10.2. The molecule has 0 atom stereocenters. The van der Waals surface area contributed by atoms with Crippen LogP contribution in [0.15, 0.2) is 59.8 Å². The van der Waals surface area contributed by atoms with Gasteiger partial charge in [0.2, 0.25) is 0 Å². The Hall–Kier alpha value is -3.27. The summed E-state index contributed by atoms with van der Waals surface area (Å²) in [7, 11) is -3.85. The number of anilines is 1. The Kier molecular flexibility index (Phi) is 5.01. The number of benzene rings is 2. The maximum atomic E-state index is 13.0. The number of halogens is 1. The zero-order valence-electron chi connectivity index (χ0n) is 15.2.